The van der Waals surface area contributed by atoms with Crippen LogP contribution in [0, 0.1) is 0 Å². The molecule has 0 radical (unpaired) electrons. The Balaban J connectivity index is 1.48. The molecule has 2 saturated heterocycles. The van der Waals surface area contributed by atoms with E-state index in [9.17, 15) is 19.5 Å². The van der Waals surface area contributed by atoms with E-state index in [1.165, 1.54) is 4.90 Å². The van der Waals surface area contributed by atoms with Gasteiger partial charge in [0.15, 0.2) is 0 Å². The van der Waals surface area contributed by atoms with Crippen molar-refractivity contribution in [2.75, 3.05) is 19.6 Å². The Bertz CT molecular complexity index is 817. The van der Waals surface area contributed by atoms with E-state index in [2.05, 4.69) is 5.32 Å². The molecule has 9 nitrogen and oxygen atoms in total. The number of nitrogens with zero attached hydrogens (tertiary/aromatic N) is 2. The molecule has 3 rings (SSSR count). The minimum Gasteiger partial charge on any atom is -0.445 e. The molecule has 0 bridgehead atoms. The van der Waals surface area contributed by atoms with Gasteiger partial charge in [0.1, 0.15) is 18.2 Å². The predicted molar refractivity (Wildman–Crippen MR) is 121 cm³/mol. The molecule has 2 aliphatic rings. The van der Waals surface area contributed by atoms with Crippen molar-refractivity contribution >= 4 is 18.1 Å². The molecule has 2 heterocycles. The first-order valence-corrected chi connectivity index (χ1v) is 11.6. The average Bonchev–Trinajstić information content (AvgIpc) is 2.77. The van der Waals surface area contributed by atoms with Gasteiger partial charge in [-0.15, -0.1) is 0 Å². The maximum absolute atomic E-state index is 13.0. The van der Waals surface area contributed by atoms with Crippen molar-refractivity contribution in [3.8, 4) is 0 Å². The molecule has 0 spiro atoms. The van der Waals surface area contributed by atoms with Gasteiger partial charge in [0.25, 0.3) is 0 Å². The summed E-state index contributed by atoms with van der Waals surface area (Å²) in [5.41, 5.74) is 0.239. The van der Waals surface area contributed by atoms with Crippen molar-refractivity contribution in [3.63, 3.8) is 0 Å². The van der Waals surface area contributed by atoms with E-state index >= 15 is 0 Å². The maximum atomic E-state index is 13.0. The van der Waals surface area contributed by atoms with E-state index in [0.29, 0.717) is 38.8 Å². The van der Waals surface area contributed by atoms with Crippen molar-refractivity contribution in [1.82, 2.24) is 15.1 Å². The lowest BCUT2D eigenvalue weighted by Gasteiger charge is -2.39. The number of benzene rings is 1. The second kappa shape index (κ2) is 10.9. The molecule has 2 N–H and O–H groups in total. The van der Waals surface area contributed by atoms with Gasteiger partial charge in [-0.2, -0.15) is 0 Å². The summed E-state index contributed by atoms with van der Waals surface area (Å²) < 4.78 is 10.8. The van der Waals surface area contributed by atoms with Crippen molar-refractivity contribution in [3.05, 3.63) is 35.9 Å². The lowest BCUT2D eigenvalue weighted by Crippen LogP contribution is -2.58. The molecular formula is C24H35N3O6. The smallest absolute Gasteiger partial charge is 0.411 e. The van der Waals surface area contributed by atoms with Crippen LogP contribution in [0.1, 0.15) is 52.0 Å². The highest BCUT2D eigenvalue weighted by Crippen LogP contribution is 2.22. The molecule has 33 heavy (non-hydrogen) atoms. The van der Waals surface area contributed by atoms with Gasteiger partial charge in [-0.3, -0.25) is 9.69 Å². The third-order valence-corrected chi connectivity index (χ3v) is 5.79. The maximum Gasteiger partial charge on any atom is 0.411 e. The second-order valence-electron chi connectivity index (χ2n) is 9.69. The van der Waals surface area contributed by atoms with Crippen LogP contribution in [0.25, 0.3) is 0 Å². The number of aliphatic hydroxyl groups is 1. The summed E-state index contributed by atoms with van der Waals surface area (Å²) in [6.07, 6.45) is 0.395. The zero-order valence-electron chi connectivity index (χ0n) is 19.7. The number of nitrogens with one attached hydrogen (secondary N) is 1. The lowest BCUT2D eigenvalue weighted by molar-refractivity contribution is -0.130. The topological polar surface area (TPSA) is 108 Å². The van der Waals surface area contributed by atoms with Crippen LogP contribution in [0.3, 0.4) is 0 Å². The second-order valence-corrected chi connectivity index (χ2v) is 9.69. The fourth-order valence-electron chi connectivity index (χ4n) is 4.06. The summed E-state index contributed by atoms with van der Waals surface area (Å²) >= 11 is 0. The van der Waals surface area contributed by atoms with Crippen LogP contribution >= 0.6 is 0 Å². The molecule has 1 aromatic carbocycles. The Morgan fingerprint density at radius 2 is 1.70 bits per heavy atom. The van der Waals surface area contributed by atoms with E-state index < -0.39 is 23.8 Å². The Labute approximate surface area is 195 Å². The quantitative estimate of drug-likeness (QED) is 0.714. The molecule has 2 fully saturated rings. The zero-order chi connectivity index (χ0) is 24.0. The highest BCUT2D eigenvalue weighted by molar-refractivity contribution is 5.86. The average molecular weight is 462 g/mol. The number of likely N-dealkylation sites (tertiary alicyclic amines) is 2. The largest absolute Gasteiger partial charge is 0.445 e. The Morgan fingerprint density at radius 1 is 1.03 bits per heavy atom. The first-order chi connectivity index (χ1) is 15.6. The van der Waals surface area contributed by atoms with Gasteiger partial charge in [-0.1, -0.05) is 30.3 Å². The minimum atomic E-state index is -0.692. The molecule has 0 aliphatic carbocycles. The number of ether oxygens (including phenoxy) is 2. The van der Waals surface area contributed by atoms with E-state index in [1.54, 1.807) is 25.7 Å². The number of aliphatic hydroxyl groups excluding tert-OH is 1. The number of hydrogen-bond acceptors (Lipinski definition) is 6. The van der Waals surface area contributed by atoms with Gasteiger partial charge < -0.3 is 24.8 Å². The third kappa shape index (κ3) is 7.35. The molecular weight excluding hydrogens is 426 g/mol. The van der Waals surface area contributed by atoms with E-state index in [0.717, 1.165) is 5.56 Å². The van der Waals surface area contributed by atoms with Gasteiger partial charge in [0.05, 0.1) is 12.6 Å². The number of carbonyl (C=O) groups excluding carboxylic acids is 3. The molecule has 2 atom stereocenters. The number of amides is 3. The SMILES string of the molecule is CC(C)(C)OC(=O)N1C[C@@H](O)CC[C@H]1C(=O)NC1CCN(C(=O)OCc2ccccc2)CC1. The fourth-order valence-corrected chi connectivity index (χ4v) is 4.06. The standard InChI is InChI=1S/C24H35N3O6/c1-24(2,3)33-23(31)27-15-19(28)9-10-20(27)21(29)25-18-11-13-26(14-12-18)22(30)32-16-17-7-5-4-6-8-17/h4-8,18-20,28H,9-16H2,1-3H3,(H,25,29)/t19-,20-/m0/s1. The highest BCUT2D eigenvalue weighted by Gasteiger charge is 2.38. The van der Waals surface area contributed by atoms with Crippen LogP contribution < -0.4 is 5.32 Å². The summed E-state index contributed by atoms with van der Waals surface area (Å²) in [7, 11) is 0. The highest BCUT2D eigenvalue weighted by atomic mass is 16.6. The zero-order valence-corrected chi connectivity index (χ0v) is 19.7. The third-order valence-electron chi connectivity index (χ3n) is 5.79. The van der Waals surface area contributed by atoms with E-state index in [1.807, 2.05) is 30.3 Å². The van der Waals surface area contributed by atoms with Crippen molar-refractivity contribution < 1.29 is 29.0 Å². The molecule has 0 saturated carbocycles. The van der Waals surface area contributed by atoms with Gasteiger partial charge in [0.2, 0.25) is 5.91 Å². The Kier molecular flexibility index (Phi) is 8.18. The first kappa shape index (κ1) is 24.8. The van der Waals surface area contributed by atoms with Crippen LogP contribution in [-0.2, 0) is 20.9 Å². The lowest BCUT2D eigenvalue weighted by atomic mass is 9.98. The predicted octanol–water partition coefficient (Wildman–Crippen LogP) is 2.66. The van der Waals surface area contributed by atoms with Gasteiger partial charge in [0, 0.05) is 19.1 Å². The number of hydrogen-bond donors (Lipinski definition) is 2. The van der Waals surface area contributed by atoms with Crippen molar-refractivity contribution in [2.45, 2.75) is 76.9 Å². The molecule has 2 aliphatic heterocycles. The molecule has 9 heteroatoms. The summed E-state index contributed by atoms with van der Waals surface area (Å²) in [5, 5.41) is 13.0. The van der Waals surface area contributed by atoms with Gasteiger partial charge >= 0.3 is 12.2 Å². The molecule has 1 aromatic rings. The van der Waals surface area contributed by atoms with E-state index in [-0.39, 0.29) is 31.2 Å². The monoisotopic (exact) mass is 461 g/mol. The fraction of sp³-hybridized carbons (Fsp3) is 0.625. The minimum absolute atomic E-state index is 0.0682. The van der Waals surface area contributed by atoms with Crippen LogP contribution in [0.5, 0.6) is 0 Å². The first-order valence-electron chi connectivity index (χ1n) is 11.6. The molecule has 0 aromatic heterocycles. The van der Waals surface area contributed by atoms with Crippen LogP contribution in [0.4, 0.5) is 9.59 Å². The summed E-state index contributed by atoms with van der Waals surface area (Å²) in [6, 6.07) is 8.73. The summed E-state index contributed by atoms with van der Waals surface area (Å²) in [6.45, 7) is 6.55. The normalized spacial score (nSPS) is 21.9. The van der Waals surface area contributed by atoms with Crippen LogP contribution in [0.2, 0.25) is 0 Å². The summed E-state index contributed by atoms with van der Waals surface area (Å²) in [5.74, 6) is -0.252. The van der Waals surface area contributed by atoms with Gasteiger partial charge in [-0.05, 0) is 52.0 Å². The molecule has 0 unspecified atom stereocenters. The van der Waals surface area contributed by atoms with Crippen molar-refractivity contribution in [1.29, 1.82) is 0 Å². The van der Waals surface area contributed by atoms with Crippen LogP contribution in [-0.4, -0.2) is 76.4 Å². The number of β-amino-alcohol motifs (C(OH)–C–C–N with tert-alkyl or cyclic N) is 1. The Morgan fingerprint density at radius 3 is 2.33 bits per heavy atom. The number of carbonyl (C=O) groups is 3. The molecule has 3 amide bonds. The molecule has 182 valence electrons. The van der Waals surface area contributed by atoms with E-state index in [4.69, 9.17) is 9.47 Å². The summed E-state index contributed by atoms with van der Waals surface area (Å²) in [4.78, 5) is 40.9. The number of piperidine rings is 2. The number of rotatable bonds is 4. The van der Waals surface area contributed by atoms with Gasteiger partial charge in [-0.25, -0.2) is 9.59 Å². The Hall–Kier alpha value is -2.81. The van der Waals surface area contributed by atoms with Crippen molar-refractivity contribution in [2.24, 2.45) is 0 Å². The van der Waals surface area contributed by atoms with Crippen LogP contribution in [0.15, 0.2) is 30.3 Å².